The number of hydrogen-bond acceptors (Lipinski definition) is 20. The lowest BCUT2D eigenvalue weighted by molar-refractivity contribution is -0.175. The maximum Gasteiger partial charge on any atom is 0.510 e. The van der Waals surface area contributed by atoms with Gasteiger partial charge in [0.1, 0.15) is 31.3 Å². The van der Waals surface area contributed by atoms with Crippen molar-refractivity contribution in [1.29, 1.82) is 0 Å². The van der Waals surface area contributed by atoms with Crippen LogP contribution in [0, 0.1) is 5.92 Å². The fourth-order valence-corrected chi connectivity index (χ4v) is 10.7. The zero-order chi connectivity index (χ0) is 60.7. The number of benzene rings is 2. The number of ether oxygens (including phenoxy) is 6. The number of carbonyl (C=O) groups excluding carboxylic acids is 8. The lowest BCUT2D eigenvalue weighted by Crippen LogP contribution is -2.55. The summed E-state index contributed by atoms with van der Waals surface area (Å²) in [5, 5.41) is 34.8. The molecule has 2 aromatic carbocycles. The second kappa shape index (κ2) is 26.4. The molecule has 6 amide bonds. The normalized spacial score (nSPS) is 18.2. The molecule has 0 saturated carbocycles. The highest BCUT2D eigenvalue weighted by Crippen LogP contribution is 2.44. The van der Waals surface area contributed by atoms with Gasteiger partial charge in [0.05, 0.1) is 48.3 Å². The number of morpholine rings is 1. The molecule has 7 N–H and O–H groups in total. The second-order valence-electron chi connectivity index (χ2n) is 21.6. The van der Waals surface area contributed by atoms with E-state index < -0.39 is 95.3 Å². The average molecular weight is 1180 g/mol. The Morgan fingerprint density at radius 1 is 0.835 bits per heavy atom. The fraction of sp³-hybridized carbons (Fsp3) is 0.466. The Balaban J connectivity index is 0.835. The third kappa shape index (κ3) is 13.9. The highest BCUT2D eigenvalue weighted by Gasteiger charge is 2.51. The first-order valence-corrected chi connectivity index (χ1v) is 28.0. The van der Waals surface area contributed by atoms with Gasteiger partial charge in [0.25, 0.3) is 17.4 Å². The van der Waals surface area contributed by atoms with E-state index in [-0.39, 0.29) is 88.1 Å². The van der Waals surface area contributed by atoms with Crippen LogP contribution in [0.4, 0.5) is 10.5 Å². The molecule has 0 radical (unpaired) electrons. The van der Waals surface area contributed by atoms with Crippen LogP contribution < -0.4 is 41.6 Å². The van der Waals surface area contributed by atoms with Gasteiger partial charge in [-0.05, 0) is 67.5 Å². The summed E-state index contributed by atoms with van der Waals surface area (Å²) < 4.78 is 35.3. The van der Waals surface area contributed by atoms with E-state index in [0.717, 1.165) is 46.7 Å². The van der Waals surface area contributed by atoms with Crippen LogP contribution in [0.5, 0.6) is 11.5 Å². The molecule has 5 aliphatic heterocycles. The molecule has 85 heavy (non-hydrogen) atoms. The number of nitrogens with zero attached hydrogens (tertiary/aromatic N) is 4. The first-order chi connectivity index (χ1) is 40.7. The number of carboxylic acid groups (broad SMARTS) is 1. The number of β-amino-alcohol motifs (C(OH)–C–C–N with tert-alkyl or cyclic N) is 1. The minimum atomic E-state index is -2.11. The number of amides is 6. The number of rotatable bonds is 25. The van der Waals surface area contributed by atoms with E-state index in [1.807, 2.05) is 19.9 Å². The minimum Gasteiger partial charge on any atom is -0.481 e. The van der Waals surface area contributed by atoms with Gasteiger partial charge in [-0.3, -0.25) is 48.2 Å². The molecule has 0 spiro atoms. The molecule has 0 bridgehead atoms. The summed E-state index contributed by atoms with van der Waals surface area (Å²) in [5.74, 6) is -5.34. The van der Waals surface area contributed by atoms with Crippen molar-refractivity contribution in [3.8, 4) is 22.9 Å². The predicted octanol–water partition coefficient (Wildman–Crippen LogP) is 1.59. The molecule has 27 nitrogen and oxygen atoms in total. The van der Waals surface area contributed by atoms with Gasteiger partial charge in [-0.1, -0.05) is 32.9 Å². The van der Waals surface area contributed by atoms with Gasteiger partial charge in [-0.25, -0.2) is 14.6 Å². The molecule has 452 valence electrons. The molecule has 5 atom stereocenters. The van der Waals surface area contributed by atoms with Gasteiger partial charge in [-0.15, -0.1) is 0 Å². The Labute approximate surface area is 486 Å². The first kappa shape index (κ1) is 60.8. The summed E-state index contributed by atoms with van der Waals surface area (Å²) in [6.45, 7) is 9.40. The smallest absolute Gasteiger partial charge is 0.481 e. The monoisotopic (exact) mass is 1180 g/mol. The number of anilines is 1. The summed E-state index contributed by atoms with van der Waals surface area (Å²) in [6.07, 6.45) is -0.877. The van der Waals surface area contributed by atoms with Crippen molar-refractivity contribution in [3.63, 3.8) is 0 Å². The van der Waals surface area contributed by atoms with Gasteiger partial charge >= 0.3 is 18.1 Å². The molecular formula is C58H67N9O18. The summed E-state index contributed by atoms with van der Waals surface area (Å²) >= 11 is 0. The van der Waals surface area contributed by atoms with E-state index in [1.54, 1.807) is 19.1 Å². The number of aliphatic carboxylic acids is 1. The van der Waals surface area contributed by atoms with Crippen molar-refractivity contribution in [2.24, 2.45) is 5.92 Å². The van der Waals surface area contributed by atoms with Crippen molar-refractivity contribution < 1.29 is 81.8 Å². The lowest BCUT2D eigenvalue weighted by Gasteiger charge is -2.35. The van der Waals surface area contributed by atoms with Gasteiger partial charge < -0.3 is 69.8 Å². The molecule has 0 aliphatic carbocycles. The number of esters is 1. The maximum atomic E-state index is 14.5. The van der Waals surface area contributed by atoms with E-state index in [9.17, 15) is 58.2 Å². The zero-order valence-electron chi connectivity index (χ0n) is 47.3. The van der Waals surface area contributed by atoms with Gasteiger partial charge in [-0.2, -0.15) is 0 Å². The topological polar surface area (TPSA) is 351 Å². The van der Waals surface area contributed by atoms with Crippen molar-refractivity contribution >= 4 is 70.1 Å². The molecule has 5 aliphatic rings. The van der Waals surface area contributed by atoms with Crippen molar-refractivity contribution in [3.05, 3.63) is 92.8 Å². The maximum absolute atomic E-state index is 14.5. The second-order valence-corrected chi connectivity index (χ2v) is 21.6. The van der Waals surface area contributed by atoms with Crippen LogP contribution >= 0.6 is 0 Å². The molecule has 1 fully saturated rings. The third-order valence-electron chi connectivity index (χ3n) is 15.2. The van der Waals surface area contributed by atoms with E-state index in [1.165, 1.54) is 35.8 Å². The van der Waals surface area contributed by atoms with Crippen LogP contribution in [-0.2, 0) is 89.2 Å². The molecule has 7 heterocycles. The number of hydrogen-bond donors (Lipinski definition) is 7. The predicted molar refractivity (Wildman–Crippen MR) is 298 cm³/mol. The van der Waals surface area contributed by atoms with Crippen LogP contribution in [0.25, 0.3) is 22.3 Å². The number of nitrogens with one attached hydrogen (secondary N) is 5. The van der Waals surface area contributed by atoms with E-state index in [0.29, 0.717) is 60.3 Å². The standard InChI is InChI=1S/C58H67N9O18/c1-5-58(40-22-44-51-38(27-67(44)55(77)39(40)29-81-56(58)78)37(25-59-24-35(68)26-65-16-18-80-19-17-65)36-21-45-46(84-30-83-45)23-42(36)63-51)85-57(79)82-28-33-6-8-34(9-7-33)61-53(75)41(10-13-50(72)73)64-52(74)32(4)60-54(76)43(20-31(2)3)62-47(69)14-15-66-48(70)11-12-49(66)71/h6-9,11-12,21-23,31-32,35,41,43,59,68H,5,10,13-20,24-30H2,1-4H3,(H,60,76)(H,61,75)(H,62,69)(H,64,74)(H,72,73)/t32-,35-,41-,43+,58-/m0/s1. The number of fused-ring (bicyclic) bond motifs is 6. The number of pyridine rings is 2. The highest BCUT2D eigenvalue weighted by atomic mass is 16.7. The molecule has 2 aromatic heterocycles. The number of aromatic nitrogens is 2. The summed E-state index contributed by atoms with van der Waals surface area (Å²) in [6, 6.07) is 7.37. The number of imide groups is 1. The molecular weight excluding hydrogens is 1110 g/mol. The first-order valence-electron chi connectivity index (χ1n) is 28.0. The van der Waals surface area contributed by atoms with Gasteiger partial charge in [0, 0.05) is 92.5 Å². The van der Waals surface area contributed by atoms with Crippen LogP contribution in [0.1, 0.15) is 87.6 Å². The number of aliphatic hydroxyl groups is 1. The Morgan fingerprint density at radius 3 is 2.25 bits per heavy atom. The van der Waals surface area contributed by atoms with E-state index in [2.05, 4.69) is 31.5 Å². The molecule has 27 heteroatoms. The zero-order valence-corrected chi connectivity index (χ0v) is 47.3. The SMILES string of the molecule is CC[C@@]1(OC(=O)OCc2ccc(NC(=O)[C@H](CCC(=O)O)NC(=O)[C@H](C)NC(=O)[C@@H](CC(C)C)NC(=O)CCN3C(=O)C=CC3=O)cc2)C(=O)OCc2c1cc1n(c2=O)Cc2c-1nc1cc3c(cc1c2CNC[C@H](O)CN1CCOCC1)OCO3. The quantitative estimate of drug-likeness (QED) is 0.0322. The Morgan fingerprint density at radius 2 is 1.55 bits per heavy atom. The number of aliphatic hydroxyl groups excluding tert-OH is 1. The lowest BCUT2D eigenvalue weighted by atomic mass is 9.85. The molecule has 9 rings (SSSR count). The fourth-order valence-electron chi connectivity index (χ4n) is 10.7. The average Bonchev–Trinajstić information content (AvgIpc) is 1.76. The minimum absolute atomic E-state index is 0.0308. The number of carboxylic acids is 1. The van der Waals surface area contributed by atoms with Crippen molar-refractivity contribution in [2.45, 2.75) is 116 Å². The molecule has 1 saturated heterocycles. The van der Waals surface area contributed by atoms with E-state index >= 15 is 0 Å². The number of carbonyl (C=O) groups is 9. The summed E-state index contributed by atoms with van der Waals surface area (Å²) in [5.41, 5.74) is 1.15. The van der Waals surface area contributed by atoms with Crippen molar-refractivity contribution in [1.82, 2.24) is 40.6 Å². The largest absolute Gasteiger partial charge is 0.510 e. The Hall–Kier alpha value is -8.79. The molecule has 0 unspecified atom stereocenters. The van der Waals surface area contributed by atoms with Crippen molar-refractivity contribution in [2.75, 3.05) is 58.0 Å². The van der Waals surface area contributed by atoms with Gasteiger partial charge in [0.2, 0.25) is 36.0 Å². The Kier molecular flexibility index (Phi) is 18.9. The van der Waals surface area contributed by atoms with Gasteiger partial charge in [0.15, 0.2) is 11.5 Å². The molecule has 4 aromatic rings. The Bertz CT molecular complexity index is 3380. The van der Waals surface area contributed by atoms with Crippen LogP contribution in [0.3, 0.4) is 0 Å². The summed E-state index contributed by atoms with van der Waals surface area (Å²) in [4.78, 5) is 139. The third-order valence-corrected chi connectivity index (χ3v) is 15.2. The van der Waals surface area contributed by atoms with Crippen LogP contribution in [0.2, 0.25) is 0 Å². The summed E-state index contributed by atoms with van der Waals surface area (Å²) in [7, 11) is 0. The van der Waals surface area contributed by atoms with Crippen LogP contribution in [0.15, 0.2) is 59.4 Å². The van der Waals surface area contributed by atoms with Crippen LogP contribution in [-0.4, -0.2) is 160 Å². The number of cyclic esters (lactones) is 1. The van der Waals surface area contributed by atoms with E-state index in [4.69, 9.17) is 33.4 Å². The highest BCUT2D eigenvalue weighted by molar-refractivity contribution is 6.13.